The Morgan fingerprint density at radius 3 is 2.63 bits per heavy atom. The van der Waals surface area contributed by atoms with Crippen molar-refractivity contribution < 1.29 is 4.52 Å². The van der Waals surface area contributed by atoms with Crippen LogP contribution in [0.1, 0.15) is 54.7 Å². The molecular weight excluding hydrogens is 304 g/mol. The van der Waals surface area contributed by atoms with Crippen molar-refractivity contribution in [2.45, 2.75) is 42.8 Å². The van der Waals surface area contributed by atoms with E-state index in [0.29, 0.717) is 5.89 Å². The molecule has 1 atom stereocenters. The maximum atomic E-state index is 5.41. The number of nitrogens with zero attached hydrogens (tertiary/aromatic N) is 2. The van der Waals surface area contributed by atoms with Crippen molar-refractivity contribution in [1.82, 2.24) is 10.1 Å². The SMILES string of the molecule is CCC(Br)c1nc(C2(c3ccccc3)CCC2)no1. The number of alkyl halides is 1. The highest BCUT2D eigenvalue weighted by Crippen LogP contribution is 2.48. The van der Waals surface area contributed by atoms with E-state index in [2.05, 4.69) is 57.3 Å². The van der Waals surface area contributed by atoms with Gasteiger partial charge in [-0.1, -0.05) is 64.8 Å². The monoisotopic (exact) mass is 320 g/mol. The predicted octanol–water partition coefficient (Wildman–Crippen LogP) is 4.39. The topological polar surface area (TPSA) is 38.9 Å². The molecule has 1 heterocycles. The van der Waals surface area contributed by atoms with Crippen LogP contribution in [0, 0.1) is 0 Å². The molecule has 0 saturated heterocycles. The summed E-state index contributed by atoms with van der Waals surface area (Å²) >= 11 is 3.56. The summed E-state index contributed by atoms with van der Waals surface area (Å²) in [6, 6.07) is 10.5. The summed E-state index contributed by atoms with van der Waals surface area (Å²) in [5.74, 6) is 1.54. The summed E-state index contributed by atoms with van der Waals surface area (Å²) in [6.07, 6.45) is 4.38. The zero-order chi connectivity index (χ0) is 13.3. The summed E-state index contributed by atoms with van der Waals surface area (Å²) in [5.41, 5.74) is 1.28. The summed E-state index contributed by atoms with van der Waals surface area (Å²) in [5, 5.41) is 4.24. The van der Waals surface area contributed by atoms with Crippen molar-refractivity contribution in [1.29, 1.82) is 0 Å². The Bertz CT molecular complexity index is 548. The van der Waals surface area contributed by atoms with Crippen LogP contribution in [0.2, 0.25) is 0 Å². The second-order valence-electron chi connectivity index (χ2n) is 5.13. The fourth-order valence-electron chi connectivity index (χ4n) is 2.66. The standard InChI is InChI=1S/C15H17BrN2O/c1-2-12(16)13-17-14(18-19-13)15(9-6-10-15)11-7-4-3-5-8-11/h3-5,7-8,12H,2,6,9-10H2,1H3. The molecule has 3 rings (SSSR count). The van der Waals surface area contributed by atoms with Gasteiger partial charge in [0.05, 0.1) is 10.2 Å². The van der Waals surface area contributed by atoms with Crippen LogP contribution in [0.5, 0.6) is 0 Å². The van der Waals surface area contributed by atoms with Crippen LogP contribution in [0.3, 0.4) is 0 Å². The van der Waals surface area contributed by atoms with Crippen molar-refractivity contribution in [3.05, 3.63) is 47.6 Å². The molecule has 1 aliphatic rings. The molecule has 1 aromatic heterocycles. The van der Waals surface area contributed by atoms with Gasteiger partial charge in [-0.25, -0.2) is 0 Å². The number of hydrogen-bond donors (Lipinski definition) is 0. The molecule has 3 nitrogen and oxygen atoms in total. The summed E-state index contributed by atoms with van der Waals surface area (Å²) in [4.78, 5) is 4.78. The van der Waals surface area contributed by atoms with Gasteiger partial charge in [-0.3, -0.25) is 0 Å². The molecule has 0 bridgehead atoms. The Balaban J connectivity index is 1.97. The van der Waals surface area contributed by atoms with E-state index in [1.165, 1.54) is 12.0 Å². The first-order valence-electron chi connectivity index (χ1n) is 6.80. The normalized spacial score (nSPS) is 18.8. The van der Waals surface area contributed by atoms with Gasteiger partial charge in [-0.15, -0.1) is 0 Å². The zero-order valence-electron chi connectivity index (χ0n) is 11.0. The predicted molar refractivity (Wildman–Crippen MR) is 77.3 cm³/mol. The molecule has 100 valence electrons. The van der Waals surface area contributed by atoms with Crippen molar-refractivity contribution in [2.75, 3.05) is 0 Å². The number of aromatic nitrogens is 2. The maximum Gasteiger partial charge on any atom is 0.240 e. The van der Waals surface area contributed by atoms with Gasteiger partial charge < -0.3 is 4.52 Å². The molecule has 1 saturated carbocycles. The Hall–Kier alpha value is -1.16. The molecule has 19 heavy (non-hydrogen) atoms. The minimum Gasteiger partial charge on any atom is -0.338 e. The van der Waals surface area contributed by atoms with E-state index in [1.54, 1.807) is 0 Å². The van der Waals surface area contributed by atoms with Crippen molar-refractivity contribution in [3.63, 3.8) is 0 Å². The van der Waals surface area contributed by atoms with Crippen LogP contribution in [0.4, 0.5) is 0 Å². The zero-order valence-corrected chi connectivity index (χ0v) is 12.6. The van der Waals surface area contributed by atoms with E-state index in [0.717, 1.165) is 25.1 Å². The first kappa shape index (κ1) is 12.9. The largest absolute Gasteiger partial charge is 0.338 e. The van der Waals surface area contributed by atoms with Crippen molar-refractivity contribution >= 4 is 15.9 Å². The Labute approximate surface area is 121 Å². The molecule has 0 radical (unpaired) electrons. The van der Waals surface area contributed by atoms with Gasteiger partial charge in [0.2, 0.25) is 5.89 Å². The first-order valence-corrected chi connectivity index (χ1v) is 7.71. The van der Waals surface area contributed by atoms with Gasteiger partial charge >= 0.3 is 0 Å². The third-order valence-corrected chi connectivity index (χ3v) is 5.07. The van der Waals surface area contributed by atoms with Gasteiger partial charge in [0.25, 0.3) is 0 Å². The van der Waals surface area contributed by atoms with E-state index in [-0.39, 0.29) is 10.2 Å². The van der Waals surface area contributed by atoms with Crippen LogP contribution in [0.15, 0.2) is 34.9 Å². The van der Waals surface area contributed by atoms with Gasteiger partial charge in [0.1, 0.15) is 0 Å². The van der Waals surface area contributed by atoms with Crippen LogP contribution >= 0.6 is 15.9 Å². The van der Waals surface area contributed by atoms with Crippen molar-refractivity contribution in [3.8, 4) is 0 Å². The molecule has 2 aromatic rings. The fourth-order valence-corrected chi connectivity index (χ4v) is 2.85. The van der Waals surface area contributed by atoms with Gasteiger partial charge in [0, 0.05) is 0 Å². The lowest BCUT2D eigenvalue weighted by molar-refractivity contribution is 0.271. The molecule has 1 unspecified atom stereocenters. The molecule has 1 aromatic carbocycles. The van der Waals surface area contributed by atoms with Gasteiger partial charge in [0.15, 0.2) is 5.82 Å². The van der Waals surface area contributed by atoms with Gasteiger partial charge in [-0.2, -0.15) is 4.98 Å². The highest BCUT2D eigenvalue weighted by Gasteiger charge is 2.44. The molecule has 0 N–H and O–H groups in total. The molecule has 0 amide bonds. The van der Waals surface area contributed by atoms with Crippen LogP contribution < -0.4 is 0 Å². The summed E-state index contributed by atoms with van der Waals surface area (Å²) < 4.78 is 5.41. The Kier molecular flexibility index (Phi) is 3.44. The van der Waals surface area contributed by atoms with Crippen LogP contribution in [-0.2, 0) is 5.41 Å². The second kappa shape index (κ2) is 5.08. The lowest BCUT2D eigenvalue weighted by atomic mass is 9.64. The minimum absolute atomic E-state index is 0.0243. The molecule has 0 aliphatic heterocycles. The third-order valence-electron chi connectivity index (χ3n) is 4.03. The molecule has 0 spiro atoms. The summed E-state index contributed by atoms with van der Waals surface area (Å²) in [6.45, 7) is 2.10. The second-order valence-corrected chi connectivity index (χ2v) is 6.24. The Morgan fingerprint density at radius 2 is 2.05 bits per heavy atom. The lowest BCUT2D eigenvalue weighted by Gasteiger charge is -2.39. The highest BCUT2D eigenvalue weighted by molar-refractivity contribution is 9.09. The quantitative estimate of drug-likeness (QED) is 0.784. The molecule has 4 heteroatoms. The van der Waals surface area contributed by atoms with Gasteiger partial charge in [-0.05, 0) is 24.8 Å². The Morgan fingerprint density at radius 1 is 1.32 bits per heavy atom. The molecule has 1 fully saturated rings. The minimum atomic E-state index is -0.0243. The first-order chi connectivity index (χ1) is 9.26. The van der Waals surface area contributed by atoms with Crippen LogP contribution in [0.25, 0.3) is 0 Å². The lowest BCUT2D eigenvalue weighted by Crippen LogP contribution is -2.36. The van der Waals surface area contributed by atoms with E-state index < -0.39 is 0 Å². The van der Waals surface area contributed by atoms with Crippen LogP contribution in [-0.4, -0.2) is 10.1 Å². The number of hydrogen-bond acceptors (Lipinski definition) is 3. The van der Waals surface area contributed by atoms with E-state index >= 15 is 0 Å². The smallest absolute Gasteiger partial charge is 0.240 e. The molecular formula is C15H17BrN2O. The van der Waals surface area contributed by atoms with Crippen molar-refractivity contribution in [2.24, 2.45) is 0 Å². The average Bonchev–Trinajstić information content (AvgIpc) is 2.88. The maximum absolute atomic E-state index is 5.41. The number of benzene rings is 1. The number of rotatable bonds is 4. The van der Waals surface area contributed by atoms with E-state index in [4.69, 9.17) is 4.52 Å². The summed E-state index contributed by atoms with van der Waals surface area (Å²) in [7, 11) is 0. The average molecular weight is 321 g/mol. The highest BCUT2D eigenvalue weighted by atomic mass is 79.9. The van der Waals surface area contributed by atoms with E-state index in [9.17, 15) is 0 Å². The number of halogens is 1. The third kappa shape index (κ3) is 2.12. The van der Waals surface area contributed by atoms with E-state index in [1.807, 2.05) is 6.07 Å². The fraction of sp³-hybridized carbons (Fsp3) is 0.467. The molecule has 1 aliphatic carbocycles.